The SMILES string of the molecule is CCCCC(CC)CN(CC)C1CCCNC1. The molecule has 0 amide bonds. The molecule has 0 aromatic carbocycles. The van der Waals surface area contributed by atoms with Crippen molar-refractivity contribution in [2.45, 2.75) is 65.3 Å². The van der Waals surface area contributed by atoms with Crippen LogP contribution in [0.3, 0.4) is 0 Å². The molecular weight excluding hydrogens is 208 g/mol. The molecule has 0 aromatic heterocycles. The quantitative estimate of drug-likeness (QED) is 0.700. The van der Waals surface area contributed by atoms with Gasteiger partial charge in [0.15, 0.2) is 0 Å². The van der Waals surface area contributed by atoms with E-state index in [4.69, 9.17) is 0 Å². The summed E-state index contributed by atoms with van der Waals surface area (Å²) >= 11 is 0. The van der Waals surface area contributed by atoms with Gasteiger partial charge in [0.2, 0.25) is 0 Å². The Bertz CT molecular complexity index is 176. The molecule has 2 atom stereocenters. The number of rotatable bonds is 8. The Labute approximate surface area is 108 Å². The summed E-state index contributed by atoms with van der Waals surface area (Å²) in [5, 5.41) is 3.54. The van der Waals surface area contributed by atoms with Crippen LogP contribution in [0.2, 0.25) is 0 Å². The second-order valence-corrected chi connectivity index (χ2v) is 5.50. The standard InChI is InChI=1S/C15H32N2/c1-4-7-9-14(5-2)13-17(6-3)15-10-8-11-16-12-15/h14-16H,4-13H2,1-3H3. The van der Waals surface area contributed by atoms with Crippen molar-refractivity contribution in [2.24, 2.45) is 5.92 Å². The van der Waals surface area contributed by atoms with Crippen LogP contribution < -0.4 is 5.32 Å². The first-order valence-electron chi connectivity index (χ1n) is 7.76. The van der Waals surface area contributed by atoms with Gasteiger partial charge in [0.1, 0.15) is 0 Å². The summed E-state index contributed by atoms with van der Waals surface area (Å²) in [7, 11) is 0. The molecule has 1 rings (SSSR count). The van der Waals surface area contributed by atoms with Gasteiger partial charge in [-0.15, -0.1) is 0 Å². The Hall–Kier alpha value is -0.0800. The third-order valence-electron chi connectivity index (χ3n) is 4.23. The molecule has 1 fully saturated rings. The third kappa shape index (κ3) is 5.39. The Morgan fingerprint density at radius 2 is 2.12 bits per heavy atom. The normalized spacial score (nSPS) is 22.9. The van der Waals surface area contributed by atoms with E-state index in [1.807, 2.05) is 0 Å². The molecule has 1 saturated heterocycles. The van der Waals surface area contributed by atoms with Crippen LogP contribution in [-0.4, -0.2) is 37.1 Å². The lowest BCUT2D eigenvalue weighted by Crippen LogP contribution is -2.47. The molecule has 0 aromatic rings. The lowest BCUT2D eigenvalue weighted by atomic mass is 9.97. The van der Waals surface area contributed by atoms with E-state index in [2.05, 4.69) is 31.0 Å². The topological polar surface area (TPSA) is 15.3 Å². The number of hydrogen-bond acceptors (Lipinski definition) is 2. The number of likely N-dealkylation sites (N-methyl/N-ethyl adjacent to an activating group) is 1. The third-order valence-corrected chi connectivity index (χ3v) is 4.23. The maximum atomic E-state index is 3.54. The van der Waals surface area contributed by atoms with E-state index in [0.717, 1.165) is 12.0 Å². The van der Waals surface area contributed by atoms with Gasteiger partial charge in [0.25, 0.3) is 0 Å². The minimum absolute atomic E-state index is 0.796. The zero-order chi connectivity index (χ0) is 12.5. The average molecular weight is 240 g/mol. The molecule has 2 nitrogen and oxygen atoms in total. The molecule has 1 heterocycles. The minimum Gasteiger partial charge on any atom is -0.315 e. The van der Waals surface area contributed by atoms with E-state index in [9.17, 15) is 0 Å². The first-order valence-corrected chi connectivity index (χ1v) is 7.76. The van der Waals surface area contributed by atoms with Crippen molar-refractivity contribution in [2.75, 3.05) is 26.2 Å². The highest BCUT2D eigenvalue weighted by molar-refractivity contribution is 4.79. The molecule has 17 heavy (non-hydrogen) atoms. The molecule has 102 valence electrons. The van der Waals surface area contributed by atoms with Gasteiger partial charge in [-0.25, -0.2) is 0 Å². The fraction of sp³-hybridized carbons (Fsp3) is 1.00. The summed E-state index contributed by atoms with van der Waals surface area (Å²) in [5.41, 5.74) is 0. The smallest absolute Gasteiger partial charge is 0.0221 e. The van der Waals surface area contributed by atoms with Gasteiger partial charge in [0.05, 0.1) is 0 Å². The highest BCUT2D eigenvalue weighted by Gasteiger charge is 2.21. The van der Waals surface area contributed by atoms with E-state index < -0.39 is 0 Å². The summed E-state index contributed by atoms with van der Waals surface area (Å²) in [4.78, 5) is 2.72. The van der Waals surface area contributed by atoms with Crippen LogP contribution in [0, 0.1) is 5.92 Å². The fourth-order valence-corrected chi connectivity index (χ4v) is 2.93. The molecule has 1 N–H and O–H groups in total. The molecule has 1 aliphatic rings. The predicted molar refractivity (Wildman–Crippen MR) is 76.4 cm³/mol. The maximum absolute atomic E-state index is 3.54. The molecule has 0 spiro atoms. The lowest BCUT2D eigenvalue weighted by Gasteiger charge is -2.36. The molecule has 2 heteroatoms. The van der Waals surface area contributed by atoms with Crippen LogP contribution in [0.4, 0.5) is 0 Å². The highest BCUT2D eigenvalue weighted by Crippen LogP contribution is 2.18. The predicted octanol–water partition coefficient (Wildman–Crippen LogP) is 3.28. The second kappa shape index (κ2) is 8.93. The van der Waals surface area contributed by atoms with E-state index >= 15 is 0 Å². The molecular formula is C15H32N2. The summed E-state index contributed by atoms with van der Waals surface area (Å²) < 4.78 is 0. The van der Waals surface area contributed by atoms with Gasteiger partial charge in [0, 0.05) is 19.1 Å². The van der Waals surface area contributed by atoms with E-state index in [0.29, 0.717) is 0 Å². The molecule has 1 aliphatic heterocycles. The summed E-state index contributed by atoms with van der Waals surface area (Å²) in [6.45, 7) is 11.9. The van der Waals surface area contributed by atoms with Gasteiger partial charge in [-0.2, -0.15) is 0 Å². The summed E-state index contributed by atoms with van der Waals surface area (Å²) in [5.74, 6) is 0.914. The number of piperidine rings is 1. The van der Waals surface area contributed by atoms with Crippen LogP contribution in [0.5, 0.6) is 0 Å². The Morgan fingerprint density at radius 3 is 2.65 bits per heavy atom. The van der Waals surface area contributed by atoms with Crippen LogP contribution in [0.25, 0.3) is 0 Å². The molecule has 0 radical (unpaired) electrons. The monoisotopic (exact) mass is 240 g/mol. The van der Waals surface area contributed by atoms with Gasteiger partial charge in [-0.1, -0.05) is 40.0 Å². The van der Waals surface area contributed by atoms with Crippen molar-refractivity contribution in [3.8, 4) is 0 Å². The lowest BCUT2D eigenvalue weighted by molar-refractivity contribution is 0.143. The molecule has 0 saturated carbocycles. The highest BCUT2D eigenvalue weighted by atomic mass is 15.2. The van der Waals surface area contributed by atoms with Gasteiger partial charge < -0.3 is 5.32 Å². The number of nitrogens with zero attached hydrogens (tertiary/aromatic N) is 1. The largest absolute Gasteiger partial charge is 0.315 e. The van der Waals surface area contributed by atoms with E-state index in [1.54, 1.807) is 0 Å². The van der Waals surface area contributed by atoms with Crippen molar-refractivity contribution in [3.63, 3.8) is 0 Å². The van der Waals surface area contributed by atoms with Gasteiger partial charge in [-0.05, 0) is 38.3 Å². The summed E-state index contributed by atoms with van der Waals surface area (Å²) in [6.07, 6.45) is 8.25. The van der Waals surface area contributed by atoms with Crippen LogP contribution in [0.1, 0.15) is 59.3 Å². The second-order valence-electron chi connectivity index (χ2n) is 5.50. The van der Waals surface area contributed by atoms with E-state index in [-0.39, 0.29) is 0 Å². The van der Waals surface area contributed by atoms with Crippen molar-refractivity contribution in [1.82, 2.24) is 10.2 Å². The Balaban J connectivity index is 2.36. The van der Waals surface area contributed by atoms with Crippen molar-refractivity contribution >= 4 is 0 Å². The Morgan fingerprint density at radius 1 is 1.29 bits per heavy atom. The molecule has 2 unspecified atom stereocenters. The first-order chi connectivity index (χ1) is 8.31. The van der Waals surface area contributed by atoms with Crippen LogP contribution in [0.15, 0.2) is 0 Å². The molecule has 0 bridgehead atoms. The molecule has 0 aliphatic carbocycles. The maximum Gasteiger partial charge on any atom is 0.0221 e. The van der Waals surface area contributed by atoms with Crippen molar-refractivity contribution in [1.29, 1.82) is 0 Å². The van der Waals surface area contributed by atoms with Crippen molar-refractivity contribution in [3.05, 3.63) is 0 Å². The minimum atomic E-state index is 0.796. The number of hydrogen-bond donors (Lipinski definition) is 1. The zero-order valence-corrected chi connectivity index (χ0v) is 12.2. The van der Waals surface area contributed by atoms with Crippen molar-refractivity contribution < 1.29 is 0 Å². The fourth-order valence-electron chi connectivity index (χ4n) is 2.93. The van der Waals surface area contributed by atoms with Gasteiger partial charge >= 0.3 is 0 Å². The average Bonchev–Trinajstić information content (AvgIpc) is 2.40. The number of nitrogens with one attached hydrogen (secondary N) is 1. The van der Waals surface area contributed by atoms with Crippen LogP contribution in [-0.2, 0) is 0 Å². The van der Waals surface area contributed by atoms with E-state index in [1.165, 1.54) is 64.7 Å². The zero-order valence-electron chi connectivity index (χ0n) is 12.2. The van der Waals surface area contributed by atoms with Crippen LogP contribution >= 0.6 is 0 Å². The number of unbranched alkanes of at least 4 members (excludes halogenated alkanes) is 1. The first kappa shape index (κ1) is 15.0. The van der Waals surface area contributed by atoms with Gasteiger partial charge in [-0.3, -0.25) is 4.90 Å². The Kier molecular flexibility index (Phi) is 7.87. The summed E-state index contributed by atoms with van der Waals surface area (Å²) in [6, 6.07) is 0.796.